The molecule has 1 N–H and O–H groups in total. The van der Waals surface area contributed by atoms with Crippen LogP contribution in [0.15, 0.2) is 72.8 Å². The second kappa shape index (κ2) is 10.8. The molecule has 4 aromatic rings. The Labute approximate surface area is 214 Å². The highest BCUT2D eigenvalue weighted by atomic mass is 19.1. The van der Waals surface area contributed by atoms with Gasteiger partial charge in [0.2, 0.25) is 11.9 Å². The summed E-state index contributed by atoms with van der Waals surface area (Å²) in [6.07, 6.45) is 1.35. The predicted molar refractivity (Wildman–Crippen MR) is 141 cm³/mol. The number of piperidine rings is 1. The third kappa shape index (κ3) is 5.48. The van der Waals surface area contributed by atoms with Gasteiger partial charge in [-0.25, -0.2) is 14.2 Å². The highest BCUT2D eigenvalue weighted by Gasteiger charge is 2.28. The van der Waals surface area contributed by atoms with Crippen LogP contribution >= 0.6 is 0 Å². The molecule has 0 aliphatic carbocycles. The molecule has 1 aliphatic rings. The molecule has 0 spiro atoms. The van der Waals surface area contributed by atoms with Crippen LogP contribution in [-0.2, 0) is 16.1 Å². The number of carbonyl (C=O) groups excluding carboxylic acids is 2. The molecule has 1 fully saturated rings. The maximum absolute atomic E-state index is 13.8. The minimum atomic E-state index is -0.409. The third-order valence-electron chi connectivity index (χ3n) is 6.65. The molecule has 0 bridgehead atoms. The lowest BCUT2D eigenvalue weighted by Crippen LogP contribution is -2.39. The fourth-order valence-electron chi connectivity index (χ4n) is 4.80. The molecule has 1 saturated heterocycles. The Morgan fingerprint density at radius 2 is 1.81 bits per heavy atom. The summed E-state index contributed by atoms with van der Waals surface area (Å²) in [6, 6.07) is 21.4. The van der Waals surface area contributed by atoms with Gasteiger partial charge in [-0.15, -0.1) is 0 Å². The summed E-state index contributed by atoms with van der Waals surface area (Å²) in [5.41, 5.74) is 3.73. The largest absolute Gasteiger partial charge is 0.462 e. The zero-order valence-corrected chi connectivity index (χ0v) is 20.7. The molecule has 3 aromatic carbocycles. The summed E-state index contributed by atoms with van der Waals surface area (Å²) in [6.45, 7) is 3.90. The Hall–Kier alpha value is -4.20. The zero-order valence-electron chi connectivity index (χ0n) is 20.7. The highest BCUT2D eigenvalue weighted by molar-refractivity contribution is 5.95. The molecule has 2 heterocycles. The standard InChI is InChI=1S/C29H29FN4O3/c1-2-37-28(36)22-8-6-10-24(18-22)31-27(35)21-13-15-33(16-14-21)29-32-25-11-3-4-12-26(25)34(29)19-20-7-5-9-23(30)17-20/h3-12,17-18,21H,2,13-16,19H2,1H3,(H,31,35). The van der Waals surface area contributed by atoms with Gasteiger partial charge < -0.3 is 19.5 Å². The van der Waals surface area contributed by atoms with Crippen molar-refractivity contribution >= 4 is 34.5 Å². The van der Waals surface area contributed by atoms with Gasteiger partial charge in [0.25, 0.3) is 0 Å². The van der Waals surface area contributed by atoms with Crippen LogP contribution in [0.1, 0.15) is 35.7 Å². The van der Waals surface area contributed by atoms with Crippen LogP contribution < -0.4 is 10.2 Å². The van der Waals surface area contributed by atoms with Gasteiger partial charge in [-0.1, -0.05) is 30.3 Å². The van der Waals surface area contributed by atoms with Gasteiger partial charge in [0.1, 0.15) is 5.82 Å². The number of imidazole rings is 1. The van der Waals surface area contributed by atoms with Gasteiger partial charge in [0.15, 0.2) is 0 Å². The van der Waals surface area contributed by atoms with Gasteiger partial charge in [0.05, 0.1) is 29.7 Å². The molecular weight excluding hydrogens is 471 g/mol. The molecule has 0 radical (unpaired) electrons. The Balaban J connectivity index is 1.28. The van der Waals surface area contributed by atoms with E-state index in [4.69, 9.17) is 9.72 Å². The van der Waals surface area contributed by atoms with E-state index in [1.54, 1.807) is 43.3 Å². The minimum absolute atomic E-state index is 0.0612. The monoisotopic (exact) mass is 500 g/mol. The van der Waals surface area contributed by atoms with E-state index in [0.717, 1.165) is 22.5 Å². The summed E-state index contributed by atoms with van der Waals surface area (Å²) in [7, 11) is 0. The number of anilines is 2. The van der Waals surface area contributed by atoms with Crippen molar-refractivity contribution < 1.29 is 18.7 Å². The maximum atomic E-state index is 13.8. The first-order valence-corrected chi connectivity index (χ1v) is 12.5. The molecule has 1 amide bonds. The van der Waals surface area contributed by atoms with E-state index in [9.17, 15) is 14.0 Å². The average Bonchev–Trinajstić information content (AvgIpc) is 3.27. The highest BCUT2D eigenvalue weighted by Crippen LogP contribution is 2.28. The molecule has 1 aromatic heterocycles. The fraction of sp³-hybridized carbons (Fsp3) is 0.276. The van der Waals surface area contributed by atoms with Gasteiger partial charge >= 0.3 is 5.97 Å². The first kappa shape index (κ1) is 24.5. The Bertz CT molecular complexity index is 1430. The molecule has 190 valence electrons. The predicted octanol–water partition coefficient (Wildman–Crippen LogP) is 5.26. The van der Waals surface area contributed by atoms with Crippen LogP contribution in [0.4, 0.5) is 16.0 Å². The second-order valence-electron chi connectivity index (χ2n) is 9.17. The van der Waals surface area contributed by atoms with E-state index in [-0.39, 0.29) is 17.6 Å². The number of aromatic nitrogens is 2. The fourth-order valence-corrected chi connectivity index (χ4v) is 4.80. The number of esters is 1. The third-order valence-corrected chi connectivity index (χ3v) is 6.65. The number of amides is 1. The smallest absolute Gasteiger partial charge is 0.338 e. The second-order valence-corrected chi connectivity index (χ2v) is 9.17. The number of hydrogen-bond donors (Lipinski definition) is 1. The van der Waals surface area contributed by atoms with Crippen molar-refractivity contribution in [3.05, 3.63) is 89.7 Å². The van der Waals surface area contributed by atoms with E-state index in [1.807, 2.05) is 30.3 Å². The van der Waals surface area contributed by atoms with Gasteiger partial charge in [0, 0.05) is 24.7 Å². The molecule has 0 unspecified atom stereocenters. The number of fused-ring (bicyclic) bond motifs is 1. The van der Waals surface area contributed by atoms with Crippen molar-refractivity contribution in [2.24, 2.45) is 5.92 Å². The van der Waals surface area contributed by atoms with E-state index in [2.05, 4.69) is 14.8 Å². The SMILES string of the molecule is CCOC(=O)c1cccc(NC(=O)C2CCN(c3nc4ccccc4n3Cc3cccc(F)c3)CC2)c1. The van der Waals surface area contributed by atoms with E-state index < -0.39 is 5.97 Å². The van der Waals surface area contributed by atoms with Crippen molar-refractivity contribution in [1.29, 1.82) is 0 Å². The zero-order chi connectivity index (χ0) is 25.8. The van der Waals surface area contributed by atoms with E-state index >= 15 is 0 Å². The molecule has 37 heavy (non-hydrogen) atoms. The summed E-state index contributed by atoms with van der Waals surface area (Å²) in [4.78, 5) is 32.1. The number of rotatable bonds is 7. The quantitative estimate of drug-likeness (QED) is 0.351. The van der Waals surface area contributed by atoms with Crippen LogP contribution in [0.5, 0.6) is 0 Å². The summed E-state index contributed by atoms with van der Waals surface area (Å²) in [5, 5.41) is 2.95. The first-order chi connectivity index (χ1) is 18.0. The Morgan fingerprint density at radius 3 is 2.59 bits per heavy atom. The molecule has 5 rings (SSSR count). The average molecular weight is 501 g/mol. The molecule has 0 saturated carbocycles. The Morgan fingerprint density at radius 1 is 1.03 bits per heavy atom. The Kier molecular flexibility index (Phi) is 7.16. The lowest BCUT2D eigenvalue weighted by molar-refractivity contribution is -0.120. The van der Waals surface area contributed by atoms with Crippen molar-refractivity contribution in [1.82, 2.24) is 9.55 Å². The molecular formula is C29H29FN4O3. The van der Waals surface area contributed by atoms with Crippen LogP contribution in [-0.4, -0.2) is 41.1 Å². The normalized spacial score (nSPS) is 14.1. The lowest BCUT2D eigenvalue weighted by Gasteiger charge is -2.32. The molecule has 1 aliphatic heterocycles. The van der Waals surface area contributed by atoms with Crippen molar-refractivity contribution in [3.63, 3.8) is 0 Å². The van der Waals surface area contributed by atoms with Crippen LogP contribution in [0.3, 0.4) is 0 Å². The molecule has 8 heteroatoms. The van der Waals surface area contributed by atoms with E-state index in [0.29, 0.717) is 50.3 Å². The number of benzene rings is 3. The van der Waals surface area contributed by atoms with Crippen molar-refractivity contribution in [2.45, 2.75) is 26.3 Å². The van der Waals surface area contributed by atoms with Gasteiger partial charge in [-0.2, -0.15) is 0 Å². The molecule has 0 atom stereocenters. The number of para-hydroxylation sites is 2. The number of hydrogen-bond acceptors (Lipinski definition) is 5. The summed E-state index contributed by atoms with van der Waals surface area (Å²) >= 11 is 0. The van der Waals surface area contributed by atoms with Crippen molar-refractivity contribution in [2.75, 3.05) is 29.9 Å². The number of nitrogens with zero attached hydrogens (tertiary/aromatic N) is 3. The first-order valence-electron chi connectivity index (χ1n) is 12.5. The van der Waals surface area contributed by atoms with Crippen LogP contribution in [0, 0.1) is 11.7 Å². The topological polar surface area (TPSA) is 76.5 Å². The van der Waals surface area contributed by atoms with E-state index in [1.165, 1.54) is 6.07 Å². The summed E-state index contributed by atoms with van der Waals surface area (Å²) in [5.74, 6) is -0.0555. The summed E-state index contributed by atoms with van der Waals surface area (Å²) < 4.78 is 21.0. The van der Waals surface area contributed by atoms with Gasteiger partial charge in [-0.05, 0) is 67.8 Å². The van der Waals surface area contributed by atoms with Crippen LogP contribution in [0.2, 0.25) is 0 Å². The van der Waals surface area contributed by atoms with Crippen molar-refractivity contribution in [3.8, 4) is 0 Å². The number of halogens is 1. The number of carbonyl (C=O) groups is 2. The number of ether oxygens (including phenoxy) is 1. The lowest BCUT2D eigenvalue weighted by atomic mass is 9.96. The van der Waals surface area contributed by atoms with Crippen LogP contribution in [0.25, 0.3) is 11.0 Å². The minimum Gasteiger partial charge on any atom is -0.462 e. The molecule has 7 nitrogen and oxygen atoms in total. The number of nitrogens with one attached hydrogen (secondary N) is 1. The maximum Gasteiger partial charge on any atom is 0.338 e. The van der Waals surface area contributed by atoms with Gasteiger partial charge in [-0.3, -0.25) is 4.79 Å².